The average Bonchev–Trinajstić information content (AvgIpc) is 2.61. The molecule has 0 unspecified atom stereocenters. The largest absolute Gasteiger partial charge is 0.437 e. The number of nitrogens with one attached hydrogen (secondary N) is 1. The third-order valence-corrected chi connectivity index (χ3v) is 3.80. The van der Waals surface area contributed by atoms with Gasteiger partial charge in [0.25, 0.3) is 5.91 Å². The second kappa shape index (κ2) is 7.68. The van der Waals surface area contributed by atoms with Crippen LogP contribution in [-0.2, 0) is 0 Å². The van der Waals surface area contributed by atoms with Crippen molar-refractivity contribution in [3.63, 3.8) is 0 Å². The highest BCUT2D eigenvalue weighted by atomic mass is 35.5. The lowest BCUT2D eigenvalue weighted by Gasteiger charge is -2.10. The van der Waals surface area contributed by atoms with E-state index < -0.39 is 23.1 Å². The third kappa shape index (κ3) is 4.28. The van der Waals surface area contributed by atoms with Gasteiger partial charge in [-0.05, 0) is 42.5 Å². The molecule has 0 saturated carbocycles. The molecule has 0 radical (unpaired) electrons. The molecule has 1 N–H and O–H groups in total. The SMILES string of the molecule is O=C(Nc1ccc(Oc2ccc(Cl)cn2)c(Cl)c1)c1cc(F)ccc1F. The lowest BCUT2D eigenvalue weighted by molar-refractivity contribution is 0.102. The fourth-order valence-electron chi connectivity index (χ4n) is 2.07. The molecule has 0 bridgehead atoms. The molecule has 0 aliphatic rings. The van der Waals surface area contributed by atoms with E-state index in [1.165, 1.54) is 24.4 Å². The summed E-state index contributed by atoms with van der Waals surface area (Å²) in [4.78, 5) is 16.1. The number of carbonyl (C=O) groups is 1. The molecule has 1 aromatic heterocycles. The van der Waals surface area contributed by atoms with Crippen LogP contribution in [0.1, 0.15) is 10.4 Å². The van der Waals surface area contributed by atoms with Gasteiger partial charge in [-0.2, -0.15) is 0 Å². The molecule has 1 heterocycles. The van der Waals surface area contributed by atoms with Crippen molar-refractivity contribution in [1.29, 1.82) is 0 Å². The number of ether oxygens (including phenoxy) is 1. The van der Waals surface area contributed by atoms with Gasteiger partial charge in [0.2, 0.25) is 5.88 Å². The number of amides is 1. The van der Waals surface area contributed by atoms with Crippen LogP contribution in [0.25, 0.3) is 0 Å². The number of benzene rings is 2. The molecule has 132 valence electrons. The fourth-order valence-corrected chi connectivity index (χ4v) is 2.40. The van der Waals surface area contributed by atoms with Crippen molar-refractivity contribution in [2.75, 3.05) is 5.32 Å². The van der Waals surface area contributed by atoms with Crippen LogP contribution in [-0.4, -0.2) is 10.9 Å². The second-order valence-electron chi connectivity index (χ2n) is 5.14. The number of pyridine rings is 1. The Morgan fingerprint density at radius 1 is 1.04 bits per heavy atom. The van der Waals surface area contributed by atoms with E-state index in [1.807, 2.05) is 0 Å². The van der Waals surface area contributed by atoms with Crippen LogP contribution in [0.5, 0.6) is 11.6 Å². The maximum absolute atomic E-state index is 13.6. The molecular formula is C18H10Cl2F2N2O2. The minimum atomic E-state index is -0.830. The molecule has 1 amide bonds. The summed E-state index contributed by atoms with van der Waals surface area (Å²) in [6, 6.07) is 10.2. The highest BCUT2D eigenvalue weighted by Crippen LogP contribution is 2.31. The normalized spacial score (nSPS) is 10.5. The topological polar surface area (TPSA) is 51.2 Å². The molecule has 4 nitrogen and oxygen atoms in total. The monoisotopic (exact) mass is 394 g/mol. The number of aromatic nitrogens is 1. The first-order valence-electron chi connectivity index (χ1n) is 7.28. The molecule has 0 atom stereocenters. The molecule has 2 aromatic carbocycles. The molecule has 3 aromatic rings. The van der Waals surface area contributed by atoms with Gasteiger partial charge in [0.1, 0.15) is 17.4 Å². The minimum absolute atomic E-state index is 0.194. The number of rotatable bonds is 4. The van der Waals surface area contributed by atoms with Gasteiger partial charge in [0.15, 0.2) is 0 Å². The predicted octanol–water partition coefficient (Wildman–Crippen LogP) is 5.71. The Bertz CT molecular complexity index is 966. The van der Waals surface area contributed by atoms with Gasteiger partial charge in [0, 0.05) is 18.0 Å². The van der Waals surface area contributed by atoms with Crippen molar-refractivity contribution in [2.24, 2.45) is 0 Å². The zero-order valence-corrected chi connectivity index (χ0v) is 14.5. The Kier molecular flexibility index (Phi) is 5.35. The number of carbonyl (C=O) groups excluding carboxylic acids is 1. The van der Waals surface area contributed by atoms with Crippen LogP contribution < -0.4 is 10.1 Å². The molecule has 0 spiro atoms. The van der Waals surface area contributed by atoms with Crippen molar-refractivity contribution in [2.45, 2.75) is 0 Å². The highest BCUT2D eigenvalue weighted by molar-refractivity contribution is 6.32. The summed E-state index contributed by atoms with van der Waals surface area (Å²) in [5.74, 6) is -1.75. The van der Waals surface area contributed by atoms with Crippen LogP contribution in [0.2, 0.25) is 10.0 Å². The van der Waals surface area contributed by atoms with E-state index in [2.05, 4.69) is 10.3 Å². The Morgan fingerprint density at radius 2 is 1.85 bits per heavy atom. The van der Waals surface area contributed by atoms with Gasteiger partial charge in [0.05, 0.1) is 15.6 Å². The van der Waals surface area contributed by atoms with Crippen LogP contribution in [0.15, 0.2) is 54.7 Å². The fraction of sp³-hybridized carbons (Fsp3) is 0. The summed E-state index contributed by atoms with van der Waals surface area (Å²) in [5, 5.41) is 3.10. The molecule has 26 heavy (non-hydrogen) atoms. The van der Waals surface area contributed by atoms with E-state index in [4.69, 9.17) is 27.9 Å². The van der Waals surface area contributed by atoms with Crippen molar-refractivity contribution in [3.8, 4) is 11.6 Å². The van der Waals surface area contributed by atoms with Crippen LogP contribution in [0.3, 0.4) is 0 Å². The number of halogens is 4. The smallest absolute Gasteiger partial charge is 0.258 e. The van der Waals surface area contributed by atoms with Gasteiger partial charge >= 0.3 is 0 Å². The summed E-state index contributed by atoms with van der Waals surface area (Å²) in [7, 11) is 0. The van der Waals surface area contributed by atoms with Gasteiger partial charge in [-0.3, -0.25) is 4.79 Å². The molecular weight excluding hydrogens is 385 g/mol. The lowest BCUT2D eigenvalue weighted by Crippen LogP contribution is -2.14. The van der Waals surface area contributed by atoms with Crippen LogP contribution in [0, 0.1) is 11.6 Å². The first-order chi connectivity index (χ1) is 12.4. The maximum atomic E-state index is 13.6. The standard InChI is InChI=1S/C18H10Cl2F2N2O2/c19-10-1-6-17(23-9-10)26-16-5-3-12(8-14(16)20)24-18(25)13-7-11(21)2-4-15(13)22/h1-9H,(H,24,25). The van der Waals surface area contributed by atoms with E-state index in [9.17, 15) is 13.6 Å². The van der Waals surface area contributed by atoms with E-state index in [1.54, 1.807) is 12.1 Å². The van der Waals surface area contributed by atoms with Crippen LogP contribution >= 0.6 is 23.2 Å². The predicted molar refractivity (Wildman–Crippen MR) is 95.1 cm³/mol. The third-order valence-electron chi connectivity index (χ3n) is 3.28. The maximum Gasteiger partial charge on any atom is 0.258 e. The van der Waals surface area contributed by atoms with E-state index in [0.29, 0.717) is 16.5 Å². The summed E-state index contributed by atoms with van der Waals surface area (Å²) < 4.78 is 32.4. The van der Waals surface area contributed by atoms with Crippen molar-refractivity contribution in [1.82, 2.24) is 4.98 Å². The van der Waals surface area contributed by atoms with Crippen molar-refractivity contribution in [3.05, 3.63) is 82.0 Å². The summed E-state index contributed by atoms with van der Waals surface area (Å²) in [5.41, 5.74) is -0.119. The summed E-state index contributed by atoms with van der Waals surface area (Å²) >= 11 is 11.9. The van der Waals surface area contributed by atoms with E-state index in [0.717, 1.165) is 18.2 Å². The average molecular weight is 395 g/mol. The van der Waals surface area contributed by atoms with Crippen molar-refractivity contribution >= 4 is 34.8 Å². The Morgan fingerprint density at radius 3 is 2.54 bits per heavy atom. The van der Waals surface area contributed by atoms with Gasteiger partial charge in [-0.15, -0.1) is 0 Å². The first kappa shape index (κ1) is 18.1. The molecule has 0 fully saturated rings. The molecule has 0 aliphatic heterocycles. The summed E-state index contributed by atoms with van der Waals surface area (Å²) in [6.45, 7) is 0. The highest BCUT2D eigenvalue weighted by Gasteiger charge is 2.14. The number of hydrogen-bond acceptors (Lipinski definition) is 3. The first-order valence-corrected chi connectivity index (χ1v) is 8.03. The number of nitrogens with zero attached hydrogens (tertiary/aromatic N) is 1. The van der Waals surface area contributed by atoms with E-state index in [-0.39, 0.29) is 10.9 Å². The van der Waals surface area contributed by atoms with Crippen molar-refractivity contribution < 1.29 is 18.3 Å². The Labute approximate surface area is 157 Å². The van der Waals surface area contributed by atoms with Gasteiger partial charge in [-0.1, -0.05) is 23.2 Å². The number of anilines is 1. The number of hydrogen-bond donors (Lipinski definition) is 1. The summed E-state index contributed by atoms with van der Waals surface area (Å²) in [6.07, 6.45) is 1.42. The molecule has 8 heteroatoms. The quantitative estimate of drug-likeness (QED) is 0.616. The molecule has 0 saturated heterocycles. The Hall–Kier alpha value is -2.70. The second-order valence-corrected chi connectivity index (χ2v) is 5.98. The molecule has 0 aliphatic carbocycles. The zero-order chi connectivity index (χ0) is 18.7. The minimum Gasteiger partial charge on any atom is -0.437 e. The Balaban J connectivity index is 1.75. The molecule has 3 rings (SSSR count). The van der Waals surface area contributed by atoms with Gasteiger partial charge < -0.3 is 10.1 Å². The zero-order valence-electron chi connectivity index (χ0n) is 13.0. The lowest BCUT2D eigenvalue weighted by atomic mass is 10.2. The van der Waals surface area contributed by atoms with E-state index >= 15 is 0 Å². The van der Waals surface area contributed by atoms with Crippen LogP contribution in [0.4, 0.5) is 14.5 Å². The van der Waals surface area contributed by atoms with Gasteiger partial charge in [-0.25, -0.2) is 13.8 Å².